The molecule has 3 N–H and O–H groups in total. The molecule has 0 unspecified atom stereocenters. The van der Waals surface area contributed by atoms with Gasteiger partial charge in [-0.1, -0.05) is 13.3 Å². The summed E-state index contributed by atoms with van der Waals surface area (Å²) in [6.07, 6.45) is 5.10. The zero-order chi connectivity index (χ0) is 15.7. The highest BCUT2D eigenvalue weighted by atomic mass is 32.2. The molecule has 1 aromatic heterocycles. The van der Waals surface area contributed by atoms with Crippen LogP contribution in [0.4, 0.5) is 0 Å². The molecule has 0 aromatic carbocycles. The van der Waals surface area contributed by atoms with E-state index in [1.54, 1.807) is 6.92 Å². The average molecular weight is 335 g/mol. The van der Waals surface area contributed by atoms with E-state index in [1.807, 2.05) is 18.7 Å². The smallest absolute Gasteiger partial charge is 0.244 e. The Hall–Kier alpha value is -0.570. The van der Waals surface area contributed by atoms with Crippen LogP contribution in [0, 0.1) is 6.92 Å². The number of H-pyrrole nitrogens is 1. The van der Waals surface area contributed by atoms with Crippen molar-refractivity contribution < 1.29 is 8.42 Å². The van der Waals surface area contributed by atoms with Gasteiger partial charge in [-0.05, 0) is 38.3 Å². The Balaban J connectivity index is 2.59. The van der Waals surface area contributed by atoms with E-state index in [9.17, 15) is 8.42 Å². The van der Waals surface area contributed by atoms with Crippen LogP contribution >= 0.6 is 11.8 Å². The third kappa shape index (κ3) is 5.98. The largest absolute Gasteiger partial charge is 0.311 e. The van der Waals surface area contributed by atoms with Gasteiger partial charge in [0, 0.05) is 13.1 Å². The van der Waals surface area contributed by atoms with Crippen LogP contribution in [0.1, 0.15) is 37.6 Å². The van der Waals surface area contributed by atoms with Gasteiger partial charge in [0.25, 0.3) is 0 Å². The summed E-state index contributed by atoms with van der Waals surface area (Å²) in [6.45, 7) is 5.40. The summed E-state index contributed by atoms with van der Waals surface area (Å²) in [7, 11) is -3.49. The average Bonchev–Trinajstić information content (AvgIpc) is 2.82. The fourth-order valence-corrected chi connectivity index (χ4v) is 3.94. The number of aromatic amines is 1. The van der Waals surface area contributed by atoms with Crippen LogP contribution in [0.3, 0.4) is 0 Å². The number of thioether (sulfide) groups is 1. The molecule has 122 valence electrons. The quantitative estimate of drug-likeness (QED) is 0.536. The number of aryl methyl sites for hydroxylation is 1. The van der Waals surface area contributed by atoms with Crippen molar-refractivity contribution >= 4 is 21.8 Å². The molecule has 1 heterocycles. The molecule has 1 aromatic rings. The van der Waals surface area contributed by atoms with Crippen LogP contribution in [-0.4, -0.2) is 43.7 Å². The van der Waals surface area contributed by atoms with Crippen molar-refractivity contribution in [3.05, 3.63) is 11.4 Å². The first-order valence-electron chi connectivity index (χ1n) is 7.26. The molecular formula is C13H26N4O2S2. The molecule has 0 fully saturated rings. The number of rotatable bonds is 11. The number of unbranched alkanes of at least 4 members (excludes halogenated alkanes) is 2. The predicted molar refractivity (Wildman–Crippen MR) is 88.1 cm³/mol. The van der Waals surface area contributed by atoms with Gasteiger partial charge >= 0.3 is 0 Å². The number of nitrogens with zero attached hydrogens (tertiary/aromatic N) is 1. The van der Waals surface area contributed by atoms with E-state index < -0.39 is 10.0 Å². The summed E-state index contributed by atoms with van der Waals surface area (Å²) in [4.78, 5) is 0.285. The number of nitrogens with one attached hydrogen (secondary N) is 3. The molecule has 0 aliphatic rings. The van der Waals surface area contributed by atoms with E-state index in [0.29, 0.717) is 24.5 Å². The van der Waals surface area contributed by atoms with Crippen molar-refractivity contribution in [1.82, 2.24) is 20.2 Å². The highest BCUT2D eigenvalue weighted by Crippen LogP contribution is 2.17. The SMILES string of the molecule is CCNCc1n[nH]c(C)c1S(=O)(=O)NCCCCCSC. The number of aromatic nitrogens is 2. The second-order valence-corrected chi connectivity index (χ2v) is 7.55. The maximum atomic E-state index is 12.4. The fraction of sp³-hybridized carbons (Fsp3) is 0.769. The summed E-state index contributed by atoms with van der Waals surface area (Å²) in [5.74, 6) is 1.13. The van der Waals surface area contributed by atoms with Gasteiger partial charge in [0.2, 0.25) is 10.0 Å². The van der Waals surface area contributed by atoms with Gasteiger partial charge < -0.3 is 5.32 Å². The maximum Gasteiger partial charge on any atom is 0.244 e. The molecule has 0 bridgehead atoms. The van der Waals surface area contributed by atoms with Crippen LogP contribution in [0.2, 0.25) is 0 Å². The third-order valence-corrected chi connectivity index (χ3v) is 5.45. The molecule has 0 atom stereocenters. The Kier molecular flexibility index (Phi) is 8.31. The minimum absolute atomic E-state index is 0.285. The predicted octanol–water partition coefficient (Wildman–Crippen LogP) is 1.64. The van der Waals surface area contributed by atoms with Crippen molar-refractivity contribution in [1.29, 1.82) is 0 Å². The van der Waals surface area contributed by atoms with Crippen LogP contribution in [-0.2, 0) is 16.6 Å². The Morgan fingerprint density at radius 2 is 2.05 bits per heavy atom. The molecular weight excluding hydrogens is 308 g/mol. The highest BCUT2D eigenvalue weighted by molar-refractivity contribution is 7.98. The molecule has 6 nitrogen and oxygen atoms in total. The molecule has 0 amide bonds. The minimum atomic E-state index is -3.49. The van der Waals surface area contributed by atoms with Crippen LogP contribution < -0.4 is 10.0 Å². The van der Waals surface area contributed by atoms with E-state index in [2.05, 4.69) is 26.5 Å². The number of hydrogen-bond donors (Lipinski definition) is 3. The van der Waals surface area contributed by atoms with Crippen molar-refractivity contribution in [2.45, 2.75) is 44.6 Å². The van der Waals surface area contributed by atoms with Gasteiger partial charge in [-0.3, -0.25) is 5.10 Å². The third-order valence-electron chi connectivity index (χ3n) is 3.09. The van der Waals surface area contributed by atoms with Gasteiger partial charge in [0.1, 0.15) is 4.90 Å². The summed E-state index contributed by atoms with van der Waals surface area (Å²) in [5, 5.41) is 9.94. The van der Waals surface area contributed by atoms with Crippen molar-refractivity contribution in [3.63, 3.8) is 0 Å². The van der Waals surface area contributed by atoms with Crippen molar-refractivity contribution in [3.8, 4) is 0 Å². The minimum Gasteiger partial charge on any atom is -0.311 e. The standard InChI is InChI=1S/C13H26N4O2S2/c1-4-14-10-12-13(11(2)16-17-12)21(18,19)15-8-6-5-7-9-20-3/h14-15H,4-10H2,1-3H3,(H,16,17). The lowest BCUT2D eigenvalue weighted by atomic mass is 10.2. The van der Waals surface area contributed by atoms with Crippen molar-refractivity contribution in [2.75, 3.05) is 25.1 Å². The summed E-state index contributed by atoms with van der Waals surface area (Å²) in [6, 6.07) is 0. The molecule has 0 radical (unpaired) electrons. The molecule has 0 spiro atoms. The summed E-state index contributed by atoms with van der Waals surface area (Å²) < 4.78 is 27.4. The summed E-state index contributed by atoms with van der Waals surface area (Å²) in [5.41, 5.74) is 1.13. The van der Waals surface area contributed by atoms with Gasteiger partial charge in [-0.25, -0.2) is 13.1 Å². The number of sulfonamides is 1. The number of hydrogen-bond acceptors (Lipinski definition) is 5. The molecule has 1 rings (SSSR count). The summed E-state index contributed by atoms with van der Waals surface area (Å²) >= 11 is 1.82. The molecule has 21 heavy (non-hydrogen) atoms. The Bertz CT molecular complexity index is 514. The Morgan fingerprint density at radius 3 is 2.71 bits per heavy atom. The second-order valence-electron chi connectivity index (χ2n) is 4.86. The Morgan fingerprint density at radius 1 is 1.29 bits per heavy atom. The van der Waals surface area contributed by atoms with Crippen LogP contribution in [0.25, 0.3) is 0 Å². The fourth-order valence-electron chi connectivity index (χ4n) is 2.02. The molecule has 0 saturated carbocycles. The van der Waals surface area contributed by atoms with Crippen LogP contribution in [0.15, 0.2) is 4.90 Å². The highest BCUT2D eigenvalue weighted by Gasteiger charge is 2.23. The topological polar surface area (TPSA) is 86.9 Å². The van der Waals surface area contributed by atoms with Gasteiger partial charge in [0.15, 0.2) is 0 Å². The van der Waals surface area contributed by atoms with Gasteiger partial charge in [-0.15, -0.1) is 0 Å². The van der Waals surface area contributed by atoms with Crippen LogP contribution in [0.5, 0.6) is 0 Å². The van der Waals surface area contributed by atoms with E-state index in [0.717, 1.165) is 31.6 Å². The zero-order valence-electron chi connectivity index (χ0n) is 13.0. The van der Waals surface area contributed by atoms with Gasteiger partial charge in [0.05, 0.1) is 11.4 Å². The molecule has 0 aliphatic heterocycles. The van der Waals surface area contributed by atoms with E-state index in [4.69, 9.17) is 0 Å². The lowest BCUT2D eigenvalue weighted by Crippen LogP contribution is -2.27. The lowest BCUT2D eigenvalue weighted by molar-refractivity contribution is 0.573. The molecule has 0 saturated heterocycles. The van der Waals surface area contributed by atoms with E-state index in [1.165, 1.54) is 0 Å². The monoisotopic (exact) mass is 334 g/mol. The second kappa shape index (κ2) is 9.45. The maximum absolute atomic E-state index is 12.4. The van der Waals surface area contributed by atoms with Gasteiger partial charge in [-0.2, -0.15) is 16.9 Å². The molecule has 8 heteroatoms. The first-order chi connectivity index (χ1) is 10.0. The first-order valence-corrected chi connectivity index (χ1v) is 10.1. The zero-order valence-corrected chi connectivity index (χ0v) is 14.7. The lowest BCUT2D eigenvalue weighted by Gasteiger charge is -2.08. The van der Waals surface area contributed by atoms with E-state index >= 15 is 0 Å². The normalized spacial score (nSPS) is 12.0. The van der Waals surface area contributed by atoms with Crippen molar-refractivity contribution in [2.24, 2.45) is 0 Å². The molecule has 0 aliphatic carbocycles. The Labute approximate surface area is 131 Å². The van der Waals surface area contributed by atoms with E-state index in [-0.39, 0.29) is 4.90 Å². The first kappa shape index (κ1) is 18.5.